The molecule has 1 aromatic heterocycles. The number of carbonyl (C=O) groups excluding carboxylic acids is 1. The number of nitrogens with zero attached hydrogens (tertiary/aromatic N) is 3. The van der Waals surface area contributed by atoms with Crippen LogP contribution in [0.1, 0.15) is 45.2 Å². The standard InChI is InChI=1S/C22H21N3O/c1-16-6-8-17(9-7-16)15-25(22(26)20-14-23-12-13-24-20)21-11-10-18-4-2-3-5-19(18)21/h2-9,12-14,21H,10-11,15H2,1H3/t21-/m1/s1. The van der Waals surface area contributed by atoms with Crippen molar-refractivity contribution in [3.63, 3.8) is 0 Å². The Morgan fingerprint density at radius 2 is 1.92 bits per heavy atom. The van der Waals surface area contributed by atoms with Crippen molar-refractivity contribution in [3.8, 4) is 0 Å². The van der Waals surface area contributed by atoms with Gasteiger partial charge in [0.2, 0.25) is 0 Å². The zero-order chi connectivity index (χ0) is 17.9. The fourth-order valence-corrected chi connectivity index (χ4v) is 3.63. The summed E-state index contributed by atoms with van der Waals surface area (Å²) in [5.41, 5.74) is 5.31. The number of benzene rings is 2. The largest absolute Gasteiger partial charge is 0.326 e. The molecule has 4 rings (SSSR count). The van der Waals surface area contributed by atoms with Crippen LogP contribution in [0.2, 0.25) is 0 Å². The highest BCUT2D eigenvalue weighted by Gasteiger charge is 2.32. The Bertz CT molecular complexity index is 906. The van der Waals surface area contributed by atoms with E-state index in [0.29, 0.717) is 12.2 Å². The molecule has 0 spiro atoms. The van der Waals surface area contributed by atoms with Gasteiger partial charge in [0.15, 0.2) is 0 Å². The molecule has 0 N–H and O–H groups in total. The third kappa shape index (κ3) is 3.23. The minimum absolute atomic E-state index is 0.0691. The van der Waals surface area contributed by atoms with Crippen molar-refractivity contribution in [1.82, 2.24) is 14.9 Å². The van der Waals surface area contributed by atoms with Crippen molar-refractivity contribution in [2.75, 3.05) is 0 Å². The minimum atomic E-state index is -0.0691. The fourth-order valence-electron chi connectivity index (χ4n) is 3.63. The molecule has 4 heteroatoms. The number of fused-ring (bicyclic) bond motifs is 1. The molecule has 0 unspecified atom stereocenters. The lowest BCUT2D eigenvalue weighted by molar-refractivity contribution is 0.0651. The van der Waals surface area contributed by atoms with Crippen LogP contribution in [0.5, 0.6) is 0 Å². The van der Waals surface area contributed by atoms with Gasteiger partial charge in [-0.2, -0.15) is 0 Å². The maximum Gasteiger partial charge on any atom is 0.274 e. The summed E-state index contributed by atoms with van der Waals surface area (Å²) in [5.74, 6) is -0.0691. The average Bonchev–Trinajstić information content (AvgIpc) is 3.12. The molecule has 3 aromatic rings. The first-order valence-corrected chi connectivity index (χ1v) is 8.93. The minimum Gasteiger partial charge on any atom is -0.326 e. The van der Waals surface area contributed by atoms with E-state index in [1.807, 2.05) is 11.0 Å². The molecule has 2 aromatic carbocycles. The summed E-state index contributed by atoms with van der Waals surface area (Å²) in [5, 5.41) is 0. The summed E-state index contributed by atoms with van der Waals surface area (Å²) in [6.45, 7) is 2.63. The normalized spacial score (nSPS) is 15.5. The van der Waals surface area contributed by atoms with Gasteiger partial charge in [-0.05, 0) is 36.5 Å². The summed E-state index contributed by atoms with van der Waals surface area (Å²) >= 11 is 0. The molecule has 130 valence electrons. The first-order valence-electron chi connectivity index (χ1n) is 8.93. The number of rotatable bonds is 4. The Labute approximate surface area is 153 Å². The molecule has 1 aliphatic rings. The third-order valence-corrected chi connectivity index (χ3v) is 4.99. The number of hydrogen-bond donors (Lipinski definition) is 0. The van der Waals surface area contributed by atoms with E-state index >= 15 is 0 Å². The van der Waals surface area contributed by atoms with Crippen LogP contribution in [0.3, 0.4) is 0 Å². The Hall–Kier alpha value is -3.01. The van der Waals surface area contributed by atoms with Gasteiger partial charge < -0.3 is 4.90 Å². The summed E-state index contributed by atoms with van der Waals surface area (Å²) in [7, 11) is 0. The second-order valence-electron chi connectivity index (χ2n) is 6.76. The first-order chi connectivity index (χ1) is 12.7. The second kappa shape index (κ2) is 7.08. The molecule has 0 radical (unpaired) electrons. The third-order valence-electron chi connectivity index (χ3n) is 4.99. The molecule has 0 saturated carbocycles. The van der Waals surface area contributed by atoms with Crippen molar-refractivity contribution in [3.05, 3.63) is 95.1 Å². The van der Waals surface area contributed by atoms with E-state index in [0.717, 1.165) is 18.4 Å². The molecule has 0 fully saturated rings. The van der Waals surface area contributed by atoms with Crippen molar-refractivity contribution in [1.29, 1.82) is 0 Å². The van der Waals surface area contributed by atoms with Gasteiger partial charge >= 0.3 is 0 Å². The lowest BCUT2D eigenvalue weighted by Gasteiger charge is -2.29. The summed E-state index contributed by atoms with van der Waals surface area (Å²) < 4.78 is 0. The van der Waals surface area contributed by atoms with Gasteiger partial charge in [-0.15, -0.1) is 0 Å². The molecule has 1 aliphatic carbocycles. The van der Waals surface area contributed by atoms with Gasteiger partial charge in [-0.25, -0.2) is 4.98 Å². The highest BCUT2D eigenvalue weighted by molar-refractivity contribution is 5.92. The molecule has 0 bridgehead atoms. The van der Waals surface area contributed by atoms with Gasteiger partial charge in [-0.1, -0.05) is 54.1 Å². The molecule has 1 heterocycles. The molecule has 1 atom stereocenters. The predicted octanol–water partition coefficient (Wildman–Crippen LogP) is 4.11. The quantitative estimate of drug-likeness (QED) is 0.716. The maximum absolute atomic E-state index is 13.2. The van der Waals surface area contributed by atoms with Crippen LogP contribution in [0.4, 0.5) is 0 Å². The van der Waals surface area contributed by atoms with E-state index in [1.54, 1.807) is 18.6 Å². The van der Waals surface area contributed by atoms with Crippen molar-refractivity contribution < 1.29 is 4.79 Å². The first kappa shape index (κ1) is 16.5. The van der Waals surface area contributed by atoms with E-state index in [9.17, 15) is 4.79 Å². The molecule has 1 amide bonds. The van der Waals surface area contributed by atoms with E-state index in [2.05, 4.69) is 59.4 Å². The second-order valence-corrected chi connectivity index (χ2v) is 6.76. The number of aryl methyl sites for hydroxylation is 2. The van der Waals surface area contributed by atoms with Gasteiger partial charge in [0, 0.05) is 18.9 Å². The Kier molecular flexibility index (Phi) is 4.48. The topological polar surface area (TPSA) is 46.1 Å². The van der Waals surface area contributed by atoms with Gasteiger partial charge in [0.05, 0.1) is 12.2 Å². The van der Waals surface area contributed by atoms with Crippen LogP contribution in [0.15, 0.2) is 67.1 Å². The van der Waals surface area contributed by atoms with E-state index in [1.165, 1.54) is 16.7 Å². The van der Waals surface area contributed by atoms with Gasteiger partial charge in [0.1, 0.15) is 5.69 Å². The summed E-state index contributed by atoms with van der Waals surface area (Å²) in [4.78, 5) is 23.5. The lowest BCUT2D eigenvalue weighted by atomic mass is 10.0. The average molecular weight is 343 g/mol. The zero-order valence-electron chi connectivity index (χ0n) is 14.8. The van der Waals surface area contributed by atoms with Crippen LogP contribution in [0, 0.1) is 6.92 Å². The van der Waals surface area contributed by atoms with E-state index in [4.69, 9.17) is 0 Å². The smallest absolute Gasteiger partial charge is 0.274 e. The number of hydrogen-bond acceptors (Lipinski definition) is 3. The molecular weight excluding hydrogens is 322 g/mol. The number of amides is 1. The molecular formula is C22H21N3O. The van der Waals surface area contributed by atoms with Crippen LogP contribution >= 0.6 is 0 Å². The van der Waals surface area contributed by atoms with Crippen molar-refractivity contribution in [2.24, 2.45) is 0 Å². The SMILES string of the molecule is Cc1ccc(CN(C(=O)c2cnccn2)[C@@H]2CCc3ccccc32)cc1. The Morgan fingerprint density at radius 1 is 1.12 bits per heavy atom. The van der Waals surface area contributed by atoms with E-state index < -0.39 is 0 Å². The Morgan fingerprint density at radius 3 is 2.69 bits per heavy atom. The van der Waals surface area contributed by atoms with Crippen LogP contribution < -0.4 is 0 Å². The molecule has 0 aliphatic heterocycles. The fraction of sp³-hybridized carbons (Fsp3) is 0.227. The van der Waals surface area contributed by atoms with Crippen molar-refractivity contribution in [2.45, 2.75) is 32.4 Å². The maximum atomic E-state index is 13.2. The van der Waals surface area contributed by atoms with Crippen LogP contribution in [-0.2, 0) is 13.0 Å². The van der Waals surface area contributed by atoms with Gasteiger partial charge in [-0.3, -0.25) is 9.78 Å². The van der Waals surface area contributed by atoms with E-state index in [-0.39, 0.29) is 11.9 Å². The highest BCUT2D eigenvalue weighted by Crippen LogP contribution is 2.37. The van der Waals surface area contributed by atoms with Crippen LogP contribution in [0.25, 0.3) is 0 Å². The number of carbonyl (C=O) groups is 1. The monoisotopic (exact) mass is 343 g/mol. The molecule has 4 nitrogen and oxygen atoms in total. The van der Waals surface area contributed by atoms with Crippen LogP contribution in [-0.4, -0.2) is 20.8 Å². The highest BCUT2D eigenvalue weighted by atomic mass is 16.2. The lowest BCUT2D eigenvalue weighted by Crippen LogP contribution is -2.34. The molecule has 0 saturated heterocycles. The summed E-state index contributed by atoms with van der Waals surface area (Å²) in [6, 6.07) is 16.8. The number of aromatic nitrogens is 2. The van der Waals surface area contributed by atoms with Gasteiger partial charge in [0.25, 0.3) is 5.91 Å². The Balaban J connectivity index is 1.70. The molecule has 26 heavy (non-hydrogen) atoms. The van der Waals surface area contributed by atoms with Crippen molar-refractivity contribution >= 4 is 5.91 Å². The summed E-state index contributed by atoms with van der Waals surface area (Å²) in [6.07, 6.45) is 6.65. The predicted molar refractivity (Wildman–Crippen MR) is 101 cm³/mol. The zero-order valence-corrected chi connectivity index (χ0v) is 14.8.